The van der Waals surface area contributed by atoms with E-state index in [0.29, 0.717) is 11.5 Å². The molecule has 2 aliphatic rings. The van der Waals surface area contributed by atoms with E-state index in [-0.39, 0.29) is 18.0 Å². The zero-order valence-corrected chi connectivity index (χ0v) is 13.9. The van der Waals surface area contributed by atoms with Crippen molar-refractivity contribution in [3.05, 3.63) is 18.2 Å². The minimum atomic E-state index is -1.02. The Morgan fingerprint density at radius 2 is 2.00 bits per heavy atom. The number of carbonyl (C=O) groups is 3. The number of ether oxygens (including phenoxy) is 3. The van der Waals surface area contributed by atoms with E-state index in [1.165, 1.54) is 14.2 Å². The van der Waals surface area contributed by atoms with Crippen LogP contribution in [0.3, 0.4) is 0 Å². The summed E-state index contributed by atoms with van der Waals surface area (Å²) in [4.78, 5) is 38.5. The van der Waals surface area contributed by atoms with E-state index in [9.17, 15) is 14.4 Å². The van der Waals surface area contributed by atoms with Gasteiger partial charge in [0.05, 0.1) is 26.5 Å². The number of amides is 2. The van der Waals surface area contributed by atoms with Gasteiger partial charge in [0.15, 0.2) is 5.71 Å². The van der Waals surface area contributed by atoms with Crippen LogP contribution < -0.4 is 19.8 Å². The molecular formula is C16H17N3O6. The average molecular weight is 347 g/mol. The number of rotatable bonds is 5. The van der Waals surface area contributed by atoms with E-state index in [4.69, 9.17) is 14.2 Å². The second kappa shape index (κ2) is 6.42. The highest BCUT2D eigenvalue weighted by molar-refractivity contribution is 6.46. The fourth-order valence-electron chi connectivity index (χ4n) is 2.87. The number of fused-ring (bicyclic) bond motifs is 1. The van der Waals surface area contributed by atoms with Crippen LogP contribution in [0, 0.1) is 5.92 Å². The Hall–Kier alpha value is -3.10. The highest BCUT2D eigenvalue weighted by Gasteiger charge is 2.56. The molecule has 9 heteroatoms. The van der Waals surface area contributed by atoms with E-state index in [2.05, 4.69) is 10.5 Å². The third kappa shape index (κ3) is 2.57. The number of nitrogens with one attached hydrogen (secondary N) is 1. The second-order valence-electron chi connectivity index (χ2n) is 5.35. The van der Waals surface area contributed by atoms with Gasteiger partial charge in [-0.25, -0.2) is 9.69 Å². The molecule has 1 aromatic rings. The molecule has 2 heterocycles. The second-order valence-corrected chi connectivity index (χ2v) is 5.35. The maximum absolute atomic E-state index is 12.8. The lowest BCUT2D eigenvalue weighted by Gasteiger charge is -2.19. The zero-order chi connectivity index (χ0) is 18.1. The zero-order valence-electron chi connectivity index (χ0n) is 13.9. The Bertz CT molecular complexity index is 775. The standard InChI is InChI=1S/C16H17N3O6/c1-4-25-16(22)13-11-12(17-18-13)15(21)19(14(11)20)9-6-5-8(23-2)7-10(9)24-3/h5-7,11-12,17H,4H2,1-3H3. The molecule has 132 valence electrons. The number of hydrazone groups is 1. The van der Waals surface area contributed by atoms with Crippen LogP contribution in [-0.2, 0) is 19.1 Å². The van der Waals surface area contributed by atoms with Gasteiger partial charge >= 0.3 is 5.97 Å². The van der Waals surface area contributed by atoms with Crippen molar-refractivity contribution in [2.45, 2.75) is 13.0 Å². The molecule has 2 aliphatic heterocycles. The van der Waals surface area contributed by atoms with Crippen LogP contribution in [0.4, 0.5) is 5.69 Å². The maximum atomic E-state index is 12.8. The molecule has 2 amide bonds. The molecule has 1 fully saturated rings. The monoisotopic (exact) mass is 347 g/mol. The van der Waals surface area contributed by atoms with E-state index in [1.54, 1.807) is 25.1 Å². The molecule has 0 radical (unpaired) electrons. The van der Waals surface area contributed by atoms with Crippen molar-refractivity contribution in [2.24, 2.45) is 11.0 Å². The van der Waals surface area contributed by atoms with Crippen molar-refractivity contribution in [1.82, 2.24) is 5.43 Å². The van der Waals surface area contributed by atoms with E-state index < -0.39 is 29.7 Å². The normalized spacial score (nSPS) is 21.6. The Labute approximate surface area is 143 Å². The summed E-state index contributed by atoms with van der Waals surface area (Å²) in [6, 6.07) is 3.80. The maximum Gasteiger partial charge on any atom is 0.355 e. The summed E-state index contributed by atoms with van der Waals surface area (Å²) < 4.78 is 15.3. The molecule has 1 N–H and O–H groups in total. The summed E-state index contributed by atoms with van der Waals surface area (Å²) in [5.41, 5.74) is 2.74. The Morgan fingerprint density at radius 1 is 1.24 bits per heavy atom. The lowest BCUT2D eigenvalue weighted by molar-refractivity contribution is -0.136. The molecule has 0 spiro atoms. The van der Waals surface area contributed by atoms with Crippen LogP contribution in [0.1, 0.15) is 6.92 Å². The van der Waals surface area contributed by atoms with Gasteiger partial charge in [-0.05, 0) is 19.1 Å². The highest BCUT2D eigenvalue weighted by Crippen LogP contribution is 2.38. The predicted molar refractivity (Wildman–Crippen MR) is 86.5 cm³/mol. The minimum absolute atomic E-state index is 0.0971. The van der Waals surface area contributed by atoms with E-state index in [0.717, 1.165) is 4.90 Å². The molecule has 0 saturated carbocycles. The number of carbonyl (C=O) groups excluding carboxylic acids is 3. The van der Waals surface area contributed by atoms with E-state index in [1.807, 2.05) is 0 Å². The molecule has 0 bridgehead atoms. The number of anilines is 1. The van der Waals surface area contributed by atoms with Crippen molar-refractivity contribution in [1.29, 1.82) is 0 Å². The largest absolute Gasteiger partial charge is 0.497 e. The molecule has 3 rings (SSSR count). The fraction of sp³-hybridized carbons (Fsp3) is 0.375. The molecular weight excluding hydrogens is 330 g/mol. The number of methoxy groups -OCH3 is 2. The van der Waals surface area contributed by atoms with Gasteiger partial charge in [0, 0.05) is 6.07 Å². The average Bonchev–Trinajstić information content (AvgIpc) is 3.15. The van der Waals surface area contributed by atoms with Crippen molar-refractivity contribution in [3.8, 4) is 11.5 Å². The number of hydrogen-bond acceptors (Lipinski definition) is 8. The summed E-state index contributed by atoms with van der Waals surface area (Å²) in [5, 5.41) is 3.81. The topological polar surface area (TPSA) is 107 Å². The highest BCUT2D eigenvalue weighted by atomic mass is 16.5. The predicted octanol–water partition coefficient (Wildman–Crippen LogP) is 0.0841. The van der Waals surface area contributed by atoms with Crippen LogP contribution in [0.15, 0.2) is 23.3 Å². The lowest BCUT2D eigenvalue weighted by atomic mass is 9.99. The first-order chi connectivity index (χ1) is 12.0. The SMILES string of the molecule is CCOC(=O)C1=NNC2C(=O)N(c3ccc(OC)cc3OC)C(=O)C12. The van der Waals surface area contributed by atoms with Crippen molar-refractivity contribution in [3.63, 3.8) is 0 Å². The first-order valence-corrected chi connectivity index (χ1v) is 7.63. The number of nitrogens with zero attached hydrogens (tertiary/aromatic N) is 2. The Kier molecular flexibility index (Phi) is 4.30. The summed E-state index contributed by atoms with van der Waals surface area (Å²) in [7, 11) is 2.92. The molecule has 2 unspecified atom stereocenters. The smallest absolute Gasteiger partial charge is 0.355 e. The Morgan fingerprint density at radius 3 is 2.64 bits per heavy atom. The molecule has 1 saturated heterocycles. The summed E-state index contributed by atoms with van der Waals surface area (Å²) >= 11 is 0. The van der Waals surface area contributed by atoms with Crippen molar-refractivity contribution < 1.29 is 28.6 Å². The number of imide groups is 1. The number of hydrogen-bond donors (Lipinski definition) is 1. The molecule has 25 heavy (non-hydrogen) atoms. The fourth-order valence-corrected chi connectivity index (χ4v) is 2.87. The number of esters is 1. The van der Waals surface area contributed by atoms with Gasteiger partial charge in [0.1, 0.15) is 23.5 Å². The third-order valence-electron chi connectivity index (χ3n) is 4.04. The van der Waals surface area contributed by atoms with Crippen LogP contribution >= 0.6 is 0 Å². The van der Waals surface area contributed by atoms with Gasteiger partial charge in [-0.1, -0.05) is 0 Å². The van der Waals surface area contributed by atoms with Gasteiger partial charge in [0.2, 0.25) is 5.91 Å². The molecule has 9 nitrogen and oxygen atoms in total. The van der Waals surface area contributed by atoms with Crippen LogP contribution in [0.25, 0.3) is 0 Å². The van der Waals surface area contributed by atoms with Gasteiger partial charge in [-0.15, -0.1) is 0 Å². The van der Waals surface area contributed by atoms with Gasteiger partial charge in [-0.2, -0.15) is 5.10 Å². The van der Waals surface area contributed by atoms with Crippen molar-refractivity contribution in [2.75, 3.05) is 25.7 Å². The van der Waals surface area contributed by atoms with Crippen LogP contribution in [-0.4, -0.2) is 50.4 Å². The molecule has 0 aromatic heterocycles. The lowest BCUT2D eigenvalue weighted by Crippen LogP contribution is -2.36. The summed E-state index contributed by atoms with van der Waals surface area (Å²) in [6.07, 6.45) is 0. The molecule has 1 aromatic carbocycles. The van der Waals surface area contributed by atoms with Crippen LogP contribution in [0.2, 0.25) is 0 Å². The quantitative estimate of drug-likeness (QED) is 0.594. The molecule has 0 aliphatic carbocycles. The molecule has 2 atom stereocenters. The first kappa shape index (κ1) is 16.7. The van der Waals surface area contributed by atoms with Crippen molar-refractivity contribution >= 4 is 29.2 Å². The summed E-state index contributed by atoms with van der Waals surface area (Å²) in [6.45, 7) is 1.79. The summed E-state index contributed by atoms with van der Waals surface area (Å²) in [5.74, 6) is -1.98. The number of benzene rings is 1. The first-order valence-electron chi connectivity index (χ1n) is 7.63. The van der Waals surface area contributed by atoms with Gasteiger partial charge in [-0.3, -0.25) is 15.0 Å². The van der Waals surface area contributed by atoms with Crippen LogP contribution in [0.5, 0.6) is 11.5 Å². The van der Waals surface area contributed by atoms with Gasteiger partial charge < -0.3 is 14.2 Å². The Balaban J connectivity index is 1.96. The third-order valence-corrected chi connectivity index (χ3v) is 4.04. The van der Waals surface area contributed by atoms with Gasteiger partial charge in [0.25, 0.3) is 5.91 Å². The van der Waals surface area contributed by atoms with E-state index >= 15 is 0 Å². The minimum Gasteiger partial charge on any atom is -0.497 e.